The second kappa shape index (κ2) is 9.69. The van der Waals surface area contributed by atoms with E-state index in [4.69, 9.17) is 5.26 Å². The smallest absolute Gasteiger partial charge is 0.253 e. The first kappa shape index (κ1) is 22.2. The van der Waals surface area contributed by atoms with E-state index in [1.807, 2.05) is 4.90 Å². The quantitative estimate of drug-likeness (QED) is 0.660. The molecule has 1 amide bonds. The molecule has 2 aromatic rings. The number of nitriles is 1. The number of nitrogens with zero attached hydrogens (tertiary/aromatic N) is 3. The number of likely N-dealkylation sites (tertiary alicyclic amines) is 1. The van der Waals surface area contributed by atoms with E-state index in [0.717, 1.165) is 37.9 Å². The Labute approximate surface area is 198 Å². The second-order valence-corrected chi connectivity index (χ2v) is 10.3. The minimum atomic E-state index is 0.0844. The molecule has 3 aliphatic rings. The lowest BCUT2D eigenvalue weighted by Crippen LogP contribution is -2.38. The van der Waals surface area contributed by atoms with Gasteiger partial charge in [-0.1, -0.05) is 31.5 Å². The Morgan fingerprint density at radius 2 is 1.64 bits per heavy atom. The van der Waals surface area contributed by atoms with E-state index in [1.165, 1.54) is 50.8 Å². The summed E-state index contributed by atoms with van der Waals surface area (Å²) in [6, 6.07) is 17.1. The van der Waals surface area contributed by atoms with Crippen molar-refractivity contribution in [2.45, 2.75) is 63.8 Å². The third-order valence-electron chi connectivity index (χ3n) is 8.37. The molecule has 33 heavy (non-hydrogen) atoms. The summed E-state index contributed by atoms with van der Waals surface area (Å²) in [5.41, 5.74) is 5.83. The van der Waals surface area contributed by atoms with Crippen LogP contribution in [0, 0.1) is 17.2 Å². The predicted molar refractivity (Wildman–Crippen MR) is 131 cm³/mol. The van der Waals surface area contributed by atoms with Crippen molar-refractivity contribution >= 4 is 5.91 Å². The van der Waals surface area contributed by atoms with Gasteiger partial charge in [0, 0.05) is 37.8 Å². The summed E-state index contributed by atoms with van der Waals surface area (Å²) in [7, 11) is 0. The second-order valence-electron chi connectivity index (χ2n) is 10.3. The number of carbonyl (C=O) groups excluding carboxylic acids is 1. The highest BCUT2D eigenvalue weighted by Crippen LogP contribution is 2.33. The van der Waals surface area contributed by atoms with Crippen LogP contribution in [0.4, 0.5) is 0 Å². The van der Waals surface area contributed by atoms with Crippen molar-refractivity contribution in [3.8, 4) is 6.07 Å². The van der Waals surface area contributed by atoms with E-state index in [9.17, 15) is 4.79 Å². The van der Waals surface area contributed by atoms with Gasteiger partial charge in [-0.2, -0.15) is 5.26 Å². The lowest BCUT2D eigenvalue weighted by atomic mass is 9.86. The van der Waals surface area contributed by atoms with Crippen LogP contribution in [0.1, 0.15) is 77.6 Å². The lowest BCUT2D eigenvalue weighted by Gasteiger charge is -2.32. The Kier molecular flexibility index (Phi) is 6.51. The minimum Gasteiger partial charge on any atom is -0.339 e. The summed E-state index contributed by atoms with van der Waals surface area (Å²) in [4.78, 5) is 17.6. The van der Waals surface area contributed by atoms with E-state index in [2.05, 4.69) is 36.1 Å². The molecule has 2 unspecified atom stereocenters. The first-order chi connectivity index (χ1) is 16.1. The zero-order chi connectivity index (χ0) is 22.8. The van der Waals surface area contributed by atoms with Crippen molar-refractivity contribution < 1.29 is 4.79 Å². The third kappa shape index (κ3) is 4.70. The van der Waals surface area contributed by atoms with E-state index < -0.39 is 0 Å². The fourth-order valence-corrected chi connectivity index (χ4v) is 6.30. The number of piperidine rings is 1. The number of hydrogen-bond acceptors (Lipinski definition) is 3. The number of benzene rings is 2. The number of fused-ring (bicyclic) bond motifs is 1. The van der Waals surface area contributed by atoms with E-state index in [0.29, 0.717) is 17.0 Å². The van der Waals surface area contributed by atoms with E-state index >= 15 is 0 Å². The molecule has 2 fully saturated rings. The maximum atomic E-state index is 12.9. The first-order valence-electron chi connectivity index (χ1n) is 12.8. The maximum absolute atomic E-state index is 12.9. The van der Waals surface area contributed by atoms with Crippen LogP contribution in [0.25, 0.3) is 0 Å². The zero-order valence-corrected chi connectivity index (χ0v) is 19.8. The van der Waals surface area contributed by atoms with Crippen LogP contribution in [-0.2, 0) is 12.8 Å². The molecule has 1 saturated carbocycles. The Morgan fingerprint density at radius 3 is 2.30 bits per heavy atom. The predicted octanol–water partition coefficient (Wildman–Crippen LogP) is 5.17. The number of amides is 1. The van der Waals surface area contributed by atoms with Gasteiger partial charge in [0.05, 0.1) is 11.6 Å². The Hall–Kier alpha value is -2.64. The van der Waals surface area contributed by atoms with Gasteiger partial charge in [0.1, 0.15) is 0 Å². The monoisotopic (exact) mass is 441 g/mol. The molecule has 4 heteroatoms. The summed E-state index contributed by atoms with van der Waals surface area (Å²) < 4.78 is 0. The number of carbonyl (C=O) groups is 1. The standard InChI is InChI=1S/C29H35N3O/c1-21-3-2-4-28(21)31-15-11-23-9-10-26(19-27(23)14-16-31)24-12-17-32(18-13-24)29(33)25-7-5-22(20-30)6-8-25/h5-10,19,21,24,28H,2-4,11-18H2,1H3. The van der Waals surface area contributed by atoms with Gasteiger partial charge < -0.3 is 4.90 Å². The molecule has 1 aliphatic carbocycles. The van der Waals surface area contributed by atoms with Gasteiger partial charge in [0.15, 0.2) is 0 Å². The van der Waals surface area contributed by atoms with Crippen LogP contribution in [0.5, 0.6) is 0 Å². The molecule has 172 valence electrons. The molecular weight excluding hydrogens is 406 g/mol. The van der Waals surface area contributed by atoms with Crippen molar-refractivity contribution in [1.29, 1.82) is 5.26 Å². The van der Waals surface area contributed by atoms with Gasteiger partial charge in [-0.3, -0.25) is 9.69 Å². The molecule has 0 aromatic heterocycles. The van der Waals surface area contributed by atoms with Gasteiger partial charge in [-0.05, 0) is 91.3 Å². The summed E-state index contributed by atoms with van der Waals surface area (Å²) in [5.74, 6) is 1.47. The number of hydrogen-bond donors (Lipinski definition) is 0. The molecule has 1 saturated heterocycles. The highest BCUT2D eigenvalue weighted by molar-refractivity contribution is 5.94. The molecule has 2 atom stereocenters. The Balaban J connectivity index is 1.20. The fraction of sp³-hybridized carbons (Fsp3) is 0.517. The molecular formula is C29H35N3O. The van der Waals surface area contributed by atoms with Gasteiger partial charge in [-0.15, -0.1) is 0 Å². The highest BCUT2D eigenvalue weighted by atomic mass is 16.2. The largest absolute Gasteiger partial charge is 0.339 e. The highest BCUT2D eigenvalue weighted by Gasteiger charge is 2.30. The SMILES string of the molecule is CC1CCCC1N1CCc2ccc(C3CCN(C(=O)c4ccc(C#N)cc4)CC3)cc2CC1. The molecule has 0 N–H and O–H groups in total. The molecule has 2 aliphatic heterocycles. The summed E-state index contributed by atoms with van der Waals surface area (Å²) in [6.07, 6.45) is 8.55. The Bertz CT molecular complexity index is 1030. The van der Waals surface area contributed by atoms with Crippen molar-refractivity contribution in [2.24, 2.45) is 5.92 Å². The molecule has 2 aromatic carbocycles. The van der Waals surface area contributed by atoms with Gasteiger partial charge in [-0.25, -0.2) is 0 Å². The van der Waals surface area contributed by atoms with Crippen LogP contribution >= 0.6 is 0 Å². The maximum Gasteiger partial charge on any atom is 0.253 e. The van der Waals surface area contributed by atoms with Gasteiger partial charge in [0.25, 0.3) is 5.91 Å². The zero-order valence-electron chi connectivity index (χ0n) is 19.8. The van der Waals surface area contributed by atoms with Crippen LogP contribution in [0.2, 0.25) is 0 Å². The third-order valence-corrected chi connectivity index (χ3v) is 8.37. The fourth-order valence-electron chi connectivity index (χ4n) is 6.30. The van der Waals surface area contributed by atoms with Crippen molar-refractivity contribution in [2.75, 3.05) is 26.2 Å². The topological polar surface area (TPSA) is 47.3 Å². The van der Waals surface area contributed by atoms with E-state index in [-0.39, 0.29) is 5.91 Å². The van der Waals surface area contributed by atoms with E-state index in [1.54, 1.807) is 35.4 Å². The van der Waals surface area contributed by atoms with Gasteiger partial charge in [0.2, 0.25) is 0 Å². The minimum absolute atomic E-state index is 0.0844. The molecule has 0 spiro atoms. The summed E-state index contributed by atoms with van der Waals surface area (Å²) in [5, 5.41) is 8.97. The molecule has 5 rings (SSSR count). The average molecular weight is 442 g/mol. The van der Waals surface area contributed by atoms with Crippen molar-refractivity contribution in [3.05, 3.63) is 70.3 Å². The number of rotatable bonds is 3. The van der Waals surface area contributed by atoms with Crippen LogP contribution in [0.15, 0.2) is 42.5 Å². The van der Waals surface area contributed by atoms with Crippen LogP contribution in [0.3, 0.4) is 0 Å². The van der Waals surface area contributed by atoms with Crippen molar-refractivity contribution in [3.63, 3.8) is 0 Å². The molecule has 2 heterocycles. The first-order valence-corrected chi connectivity index (χ1v) is 12.8. The molecule has 4 nitrogen and oxygen atoms in total. The Morgan fingerprint density at radius 1 is 0.909 bits per heavy atom. The molecule has 0 bridgehead atoms. The van der Waals surface area contributed by atoms with Crippen molar-refractivity contribution in [1.82, 2.24) is 9.80 Å². The molecule has 0 radical (unpaired) electrons. The lowest BCUT2D eigenvalue weighted by molar-refractivity contribution is 0.0713. The van der Waals surface area contributed by atoms with Gasteiger partial charge >= 0.3 is 0 Å². The normalized spacial score (nSPS) is 24.2. The summed E-state index contributed by atoms with van der Waals surface area (Å²) >= 11 is 0. The average Bonchev–Trinajstić information content (AvgIpc) is 3.18. The van der Waals surface area contributed by atoms with Crippen LogP contribution < -0.4 is 0 Å². The summed E-state index contributed by atoms with van der Waals surface area (Å²) in [6.45, 7) is 6.44. The van der Waals surface area contributed by atoms with Crippen LogP contribution in [-0.4, -0.2) is 47.9 Å².